The van der Waals surface area contributed by atoms with Gasteiger partial charge in [0.1, 0.15) is 11.6 Å². The number of hydrogen-bond acceptors (Lipinski definition) is 4. The third-order valence-electron chi connectivity index (χ3n) is 5.83. The molecule has 1 fully saturated rings. The maximum Gasteiger partial charge on any atom is 0.252 e. The first kappa shape index (κ1) is 20.8. The van der Waals surface area contributed by atoms with Gasteiger partial charge in [0.15, 0.2) is 0 Å². The molecule has 0 spiro atoms. The van der Waals surface area contributed by atoms with Crippen LogP contribution in [0, 0.1) is 5.82 Å². The van der Waals surface area contributed by atoms with Crippen LogP contribution in [0.4, 0.5) is 21.6 Å². The summed E-state index contributed by atoms with van der Waals surface area (Å²) >= 11 is 0. The molecular weight excluding hydrogens is 391 g/mol. The molecule has 1 amide bonds. The van der Waals surface area contributed by atoms with Gasteiger partial charge in [0.25, 0.3) is 5.91 Å². The summed E-state index contributed by atoms with van der Waals surface area (Å²) < 4.78 is 14.0. The van der Waals surface area contributed by atoms with Gasteiger partial charge in [-0.2, -0.15) is 0 Å². The maximum atomic E-state index is 14.0. The van der Waals surface area contributed by atoms with Gasteiger partial charge in [0, 0.05) is 30.1 Å². The topological polar surface area (TPSA) is 80.0 Å². The molecule has 0 unspecified atom stereocenters. The monoisotopic (exact) mass is 418 g/mol. The van der Waals surface area contributed by atoms with Gasteiger partial charge >= 0.3 is 0 Å². The number of anilines is 3. The number of pyridine rings is 1. The standard InChI is InChI=1S/C25H27FN4O/c26-22-12-5-4-9-19(22)15-28-23-14-24(29-16-21(23)25(27)31)30-20-11-6-10-18(13-20)17-7-2-1-3-8-17/h4-6,9-14,16-17H,1-3,7-8,15H2,(H2,27,31)(H2,28,29,30). The molecule has 1 aromatic heterocycles. The lowest BCUT2D eigenvalue weighted by molar-refractivity contribution is 0.100. The number of carbonyl (C=O) groups is 1. The molecule has 3 aromatic rings. The van der Waals surface area contributed by atoms with Crippen LogP contribution in [0.5, 0.6) is 0 Å². The fraction of sp³-hybridized carbons (Fsp3) is 0.280. The molecule has 1 aliphatic carbocycles. The minimum Gasteiger partial charge on any atom is -0.380 e. The van der Waals surface area contributed by atoms with E-state index < -0.39 is 5.91 Å². The Labute approximate surface area is 181 Å². The van der Waals surface area contributed by atoms with E-state index in [0.29, 0.717) is 23.0 Å². The molecule has 160 valence electrons. The molecule has 2 aromatic carbocycles. The highest BCUT2D eigenvalue weighted by atomic mass is 19.1. The zero-order chi connectivity index (χ0) is 21.6. The summed E-state index contributed by atoms with van der Waals surface area (Å²) in [6, 6.07) is 16.7. The highest BCUT2D eigenvalue weighted by Crippen LogP contribution is 2.34. The van der Waals surface area contributed by atoms with Crippen molar-refractivity contribution in [2.24, 2.45) is 5.73 Å². The second-order valence-electron chi connectivity index (χ2n) is 8.01. The Morgan fingerprint density at radius 2 is 1.87 bits per heavy atom. The minimum absolute atomic E-state index is 0.230. The van der Waals surface area contributed by atoms with E-state index in [-0.39, 0.29) is 17.9 Å². The third-order valence-corrected chi connectivity index (χ3v) is 5.83. The lowest BCUT2D eigenvalue weighted by Gasteiger charge is -2.22. The largest absolute Gasteiger partial charge is 0.380 e. The zero-order valence-electron chi connectivity index (χ0n) is 17.4. The summed E-state index contributed by atoms with van der Waals surface area (Å²) in [6.45, 7) is 0.230. The van der Waals surface area contributed by atoms with Crippen molar-refractivity contribution >= 4 is 23.1 Å². The number of benzene rings is 2. The smallest absolute Gasteiger partial charge is 0.252 e. The molecule has 6 heteroatoms. The molecule has 1 heterocycles. The highest BCUT2D eigenvalue weighted by molar-refractivity contribution is 5.98. The van der Waals surface area contributed by atoms with E-state index in [0.717, 1.165) is 5.69 Å². The van der Waals surface area contributed by atoms with Gasteiger partial charge < -0.3 is 16.4 Å². The molecule has 5 nitrogen and oxygen atoms in total. The van der Waals surface area contributed by atoms with E-state index in [4.69, 9.17) is 5.73 Å². The van der Waals surface area contributed by atoms with Crippen LogP contribution in [0.1, 0.15) is 59.5 Å². The predicted molar refractivity (Wildman–Crippen MR) is 122 cm³/mol. The van der Waals surface area contributed by atoms with Crippen molar-refractivity contribution in [1.82, 2.24) is 4.98 Å². The predicted octanol–water partition coefficient (Wildman–Crippen LogP) is 5.72. The van der Waals surface area contributed by atoms with Crippen LogP contribution in [0.2, 0.25) is 0 Å². The maximum absolute atomic E-state index is 14.0. The molecule has 0 bridgehead atoms. The van der Waals surface area contributed by atoms with Crippen molar-refractivity contribution in [2.75, 3.05) is 10.6 Å². The Hall–Kier alpha value is -3.41. The highest BCUT2D eigenvalue weighted by Gasteiger charge is 2.16. The molecule has 4 N–H and O–H groups in total. The Kier molecular flexibility index (Phi) is 6.46. The number of aromatic nitrogens is 1. The number of nitrogens with one attached hydrogen (secondary N) is 2. The first-order chi connectivity index (χ1) is 15.1. The van der Waals surface area contributed by atoms with E-state index in [1.165, 1.54) is 49.9 Å². The number of rotatable bonds is 7. The van der Waals surface area contributed by atoms with Gasteiger partial charge in [0.05, 0.1) is 11.3 Å². The third kappa shape index (κ3) is 5.20. The van der Waals surface area contributed by atoms with Gasteiger partial charge in [-0.1, -0.05) is 49.6 Å². The summed E-state index contributed by atoms with van der Waals surface area (Å²) in [5.74, 6) is 0.303. The van der Waals surface area contributed by atoms with Crippen LogP contribution in [0.15, 0.2) is 60.8 Å². The van der Waals surface area contributed by atoms with E-state index in [1.54, 1.807) is 24.3 Å². The lowest BCUT2D eigenvalue weighted by Crippen LogP contribution is -2.15. The quantitative estimate of drug-likeness (QED) is 0.458. The van der Waals surface area contributed by atoms with E-state index in [9.17, 15) is 9.18 Å². The minimum atomic E-state index is -0.589. The fourth-order valence-corrected chi connectivity index (χ4v) is 4.15. The second-order valence-corrected chi connectivity index (χ2v) is 8.01. The van der Waals surface area contributed by atoms with E-state index >= 15 is 0 Å². The SMILES string of the molecule is NC(=O)c1cnc(Nc2cccc(C3CCCCC3)c2)cc1NCc1ccccc1F. The van der Waals surface area contributed by atoms with Crippen molar-refractivity contribution < 1.29 is 9.18 Å². The molecule has 0 radical (unpaired) electrons. The number of carbonyl (C=O) groups excluding carboxylic acids is 1. The lowest BCUT2D eigenvalue weighted by atomic mass is 9.84. The van der Waals surface area contributed by atoms with Gasteiger partial charge in [0.2, 0.25) is 0 Å². The number of primary amides is 1. The molecular formula is C25H27FN4O. The van der Waals surface area contributed by atoms with Crippen LogP contribution in [0.3, 0.4) is 0 Å². The molecule has 4 rings (SSSR count). The van der Waals surface area contributed by atoms with Crippen molar-refractivity contribution in [3.05, 3.63) is 83.3 Å². The molecule has 1 aliphatic rings. The fourth-order valence-electron chi connectivity index (χ4n) is 4.15. The Morgan fingerprint density at radius 3 is 2.65 bits per heavy atom. The number of nitrogens with two attached hydrogens (primary N) is 1. The van der Waals surface area contributed by atoms with E-state index in [1.807, 2.05) is 6.07 Å². The Balaban J connectivity index is 1.53. The van der Waals surface area contributed by atoms with Gasteiger partial charge in [-0.15, -0.1) is 0 Å². The normalized spacial score (nSPS) is 14.2. The molecule has 0 atom stereocenters. The summed E-state index contributed by atoms with van der Waals surface area (Å²) in [7, 11) is 0. The summed E-state index contributed by atoms with van der Waals surface area (Å²) in [5, 5.41) is 6.44. The molecule has 0 aliphatic heterocycles. The van der Waals surface area contributed by atoms with Crippen LogP contribution in [0.25, 0.3) is 0 Å². The first-order valence-electron chi connectivity index (χ1n) is 10.7. The number of hydrogen-bond donors (Lipinski definition) is 3. The Morgan fingerprint density at radius 1 is 1.06 bits per heavy atom. The molecule has 1 saturated carbocycles. The molecule has 31 heavy (non-hydrogen) atoms. The number of amides is 1. The number of halogens is 1. The number of nitrogens with zero attached hydrogens (tertiary/aromatic N) is 1. The average Bonchev–Trinajstić information content (AvgIpc) is 2.79. The van der Waals surface area contributed by atoms with Crippen LogP contribution in [-0.4, -0.2) is 10.9 Å². The van der Waals surface area contributed by atoms with E-state index in [2.05, 4.69) is 33.8 Å². The van der Waals surface area contributed by atoms with Crippen molar-refractivity contribution in [1.29, 1.82) is 0 Å². The zero-order valence-corrected chi connectivity index (χ0v) is 17.4. The summed E-state index contributed by atoms with van der Waals surface area (Å²) in [5.41, 5.74) is 9.07. The van der Waals surface area contributed by atoms with Gasteiger partial charge in [-0.25, -0.2) is 9.37 Å². The van der Waals surface area contributed by atoms with Crippen LogP contribution >= 0.6 is 0 Å². The Bertz CT molecular complexity index is 1060. The summed E-state index contributed by atoms with van der Waals surface area (Å²) in [6.07, 6.45) is 7.82. The molecule has 0 saturated heterocycles. The van der Waals surface area contributed by atoms with Gasteiger partial charge in [-0.3, -0.25) is 4.79 Å². The average molecular weight is 419 g/mol. The second kappa shape index (κ2) is 9.60. The van der Waals surface area contributed by atoms with Crippen LogP contribution in [-0.2, 0) is 6.54 Å². The van der Waals surface area contributed by atoms with Crippen molar-refractivity contribution in [3.63, 3.8) is 0 Å². The summed E-state index contributed by atoms with van der Waals surface area (Å²) in [4.78, 5) is 16.2. The van der Waals surface area contributed by atoms with Crippen molar-refractivity contribution in [2.45, 2.75) is 44.6 Å². The van der Waals surface area contributed by atoms with Crippen molar-refractivity contribution in [3.8, 4) is 0 Å². The van der Waals surface area contributed by atoms with Gasteiger partial charge in [-0.05, 0) is 42.5 Å². The first-order valence-corrected chi connectivity index (χ1v) is 10.7. The van der Waals surface area contributed by atoms with Crippen LogP contribution < -0.4 is 16.4 Å².